The zero-order chi connectivity index (χ0) is 10.6. The third kappa shape index (κ3) is 2.46. The molecule has 0 amide bonds. The van der Waals surface area contributed by atoms with Crippen LogP contribution in [-0.2, 0) is 11.2 Å². The van der Waals surface area contributed by atoms with Gasteiger partial charge in [0.1, 0.15) is 6.29 Å². The number of carbonyl (C=O) groups excluding carboxylic acids is 1. The zero-order valence-electron chi connectivity index (χ0n) is 8.38. The first-order valence-corrected chi connectivity index (χ1v) is 4.97. The molecule has 0 aromatic heterocycles. The molecule has 2 heteroatoms. The number of hydrogen-bond acceptors (Lipinski definition) is 1. The van der Waals surface area contributed by atoms with E-state index in [-0.39, 0.29) is 0 Å². The quantitative estimate of drug-likeness (QED) is 0.550. The number of allylic oxidation sites excluding steroid dienone is 1. The van der Waals surface area contributed by atoms with Crippen molar-refractivity contribution in [3.8, 4) is 0 Å². The SMILES string of the molecule is CCc1ccc(C(Cl)=C(C)C=O)cc1. The van der Waals surface area contributed by atoms with Gasteiger partial charge < -0.3 is 0 Å². The van der Waals surface area contributed by atoms with Gasteiger partial charge in [-0.3, -0.25) is 4.79 Å². The van der Waals surface area contributed by atoms with Crippen LogP contribution in [0, 0.1) is 0 Å². The average molecular weight is 209 g/mol. The van der Waals surface area contributed by atoms with Gasteiger partial charge in [0.15, 0.2) is 0 Å². The van der Waals surface area contributed by atoms with Crippen LogP contribution in [0.5, 0.6) is 0 Å². The van der Waals surface area contributed by atoms with Crippen LogP contribution in [0.2, 0.25) is 0 Å². The van der Waals surface area contributed by atoms with E-state index in [1.807, 2.05) is 24.3 Å². The van der Waals surface area contributed by atoms with E-state index in [1.54, 1.807) is 6.92 Å². The van der Waals surface area contributed by atoms with Crippen molar-refractivity contribution in [3.05, 3.63) is 41.0 Å². The maximum atomic E-state index is 10.5. The van der Waals surface area contributed by atoms with E-state index >= 15 is 0 Å². The number of benzene rings is 1. The number of aryl methyl sites for hydroxylation is 1. The Bertz CT molecular complexity index is 349. The second kappa shape index (κ2) is 4.97. The van der Waals surface area contributed by atoms with Crippen LogP contribution in [0.15, 0.2) is 29.8 Å². The van der Waals surface area contributed by atoms with Crippen LogP contribution in [0.3, 0.4) is 0 Å². The lowest BCUT2D eigenvalue weighted by molar-refractivity contribution is -0.104. The van der Waals surface area contributed by atoms with Gasteiger partial charge in [-0.05, 0) is 24.5 Å². The Morgan fingerprint density at radius 2 is 1.93 bits per heavy atom. The molecule has 0 fully saturated rings. The minimum atomic E-state index is 0.530. The van der Waals surface area contributed by atoms with Gasteiger partial charge in [0.25, 0.3) is 0 Å². The zero-order valence-corrected chi connectivity index (χ0v) is 9.14. The van der Waals surface area contributed by atoms with E-state index in [4.69, 9.17) is 11.6 Å². The van der Waals surface area contributed by atoms with Gasteiger partial charge in [-0.1, -0.05) is 42.8 Å². The molecule has 0 saturated heterocycles. The Morgan fingerprint density at radius 3 is 2.36 bits per heavy atom. The molecule has 0 N–H and O–H groups in total. The molecule has 1 aromatic rings. The lowest BCUT2D eigenvalue weighted by Crippen LogP contribution is -1.85. The number of aldehydes is 1. The Kier molecular flexibility index (Phi) is 3.90. The molecule has 0 saturated carbocycles. The van der Waals surface area contributed by atoms with Gasteiger partial charge in [0, 0.05) is 5.57 Å². The first kappa shape index (κ1) is 11.0. The van der Waals surface area contributed by atoms with Crippen LogP contribution in [0.25, 0.3) is 5.03 Å². The molecule has 0 spiro atoms. The van der Waals surface area contributed by atoms with Gasteiger partial charge in [0.2, 0.25) is 0 Å². The molecule has 0 unspecified atom stereocenters. The molecule has 14 heavy (non-hydrogen) atoms. The average Bonchev–Trinajstić information content (AvgIpc) is 2.27. The van der Waals surface area contributed by atoms with Gasteiger partial charge in [0.05, 0.1) is 5.03 Å². The minimum absolute atomic E-state index is 0.530. The molecule has 0 aliphatic rings. The number of rotatable bonds is 3. The van der Waals surface area contributed by atoms with Gasteiger partial charge >= 0.3 is 0 Å². The standard InChI is InChI=1S/C12H13ClO/c1-3-10-4-6-11(7-5-10)12(13)9(2)8-14/h4-8H,3H2,1-2H3. The fourth-order valence-corrected chi connectivity index (χ4v) is 1.34. The second-order valence-corrected chi connectivity index (χ2v) is 3.54. The molecule has 0 aliphatic heterocycles. The van der Waals surface area contributed by atoms with E-state index in [2.05, 4.69) is 6.92 Å². The normalized spacial score (nSPS) is 12.2. The van der Waals surface area contributed by atoms with Crippen molar-refractivity contribution in [1.82, 2.24) is 0 Å². The van der Waals surface area contributed by atoms with Crippen molar-refractivity contribution in [2.45, 2.75) is 20.3 Å². The molecule has 0 atom stereocenters. The molecule has 74 valence electrons. The number of hydrogen-bond donors (Lipinski definition) is 0. The van der Waals surface area contributed by atoms with Gasteiger partial charge in [-0.2, -0.15) is 0 Å². The highest BCUT2D eigenvalue weighted by Crippen LogP contribution is 2.22. The highest BCUT2D eigenvalue weighted by Gasteiger charge is 2.01. The van der Waals surface area contributed by atoms with Crippen molar-refractivity contribution >= 4 is 22.9 Å². The highest BCUT2D eigenvalue weighted by atomic mass is 35.5. The van der Waals surface area contributed by atoms with Crippen LogP contribution < -0.4 is 0 Å². The molecule has 1 rings (SSSR count). The van der Waals surface area contributed by atoms with Crippen molar-refractivity contribution in [2.24, 2.45) is 0 Å². The lowest BCUT2D eigenvalue weighted by Gasteiger charge is -2.02. The third-order valence-corrected chi connectivity index (χ3v) is 2.65. The Morgan fingerprint density at radius 1 is 1.36 bits per heavy atom. The predicted molar refractivity (Wildman–Crippen MR) is 60.3 cm³/mol. The molecule has 0 bridgehead atoms. The van der Waals surface area contributed by atoms with Crippen molar-refractivity contribution < 1.29 is 4.79 Å². The summed E-state index contributed by atoms with van der Waals surface area (Å²) >= 11 is 6.00. The fraction of sp³-hybridized carbons (Fsp3) is 0.250. The Balaban J connectivity index is 3.03. The topological polar surface area (TPSA) is 17.1 Å². The summed E-state index contributed by atoms with van der Waals surface area (Å²) in [6.07, 6.45) is 1.78. The van der Waals surface area contributed by atoms with E-state index in [9.17, 15) is 4.79 Å². The number of halogens is 1. The largest absolute Gasteiger partial charge is 0.298 e. The Hall–Kier alpha value is -1.08. The molecule has 0 heterocycles. The first-order chi connectivity index (χ1) is 6.69. The highest BCUT2D eigenvalue weighted by molar-refractivity contribution is 6.50. The van der Waals surface area contributed by atoms with Gasteiger partial charge in [-0.25, -0.2) is 0 Å². The monoisotopic (exact) mass is 208 g/mol. The van der Waals surface area contributed by atoms with Crippen molar-refractivity contribution in [2.75, 3.05) is 0 Å². The van der Waals surface area contributed by atoms with E-state index in [0.717, 1.165) is 18.3 Å². The third-order valence-electron chi connectivity index (χ3n) is 2.14. The Labute approximate surface area is 89.4 Å². The predicted octanol–water partition coefficient (Wildman–Crippen LogP) is 3.42. The van der Waals surface area contributed by atoms with Crippen molar-refractivity contribution in [1.29, 1.82) is 0 Å². The smallest absolute Gasteiger partial charge is 0.147 e. The fourth-order valence-electron chi connectivity index (χ4n) is 1.17. The van der Waals surface area contributed by atoms with E-state index in [1.165, 1.54) is 5.56 Å². The molecule has 1 aromatic carbocycles. The number of carbonyl (C=O) groups is 1. The summed E-state index contributed by atoms with van der Waals surface area (Å²) in [5, 5.41) is 0.530. The molecule has 1 nitrogen and oxygen atoms in total. The van der Waals surface area contributed by atoms with Crippen LogP contribution in [0.4, 0.5) is 0 Å². The first-order valence-electron chi connectivity index (χ1n) is 4.60. The summed E-state index contributed by atoms with van der Waals surface area (Å²) in [7, 11) is 0. The van der Waals surface area contributed by atoms with E-state index in [0.29, 0.717) is 10.6 Å². The second-order valence-electron chi connectivity index (χ2n) is 3.17. The summed E-state index contributed by atoms with van der Waals surface area (Å²) < 4.78 is 0. The van der Waals surface area contributed by atoms with E-state index < -0.39 is 0 Å². The van der Waals surface area contributed by atoms with Gasteiger partial charge in [-0.15, -0.1) is 0 Å². The summed E-state index contributed by atoms with van der Waals surface area (Å²) in [5.74, 6) is 0. The molecular weight excluding hydrogens is 196 g/mol. The maximum Gasteiger partial charge on any atom is 0.147 e. The minimum Gasteiger partial charge on any atom is -0.298 e. The molecular formula is C12H13ClO. The maximum absolute atomic E-state index is 10.5. The van der Waals surface area contributed by atoms with Crippen LogP contribution in [-0.4, -0.2) is 6.29 Å². The van der Waals surface area contributed by atoms with Crippen molar-refractivity contribution in [3.63, 3.8) is 0 Å². The molecule has 0 aliphatic carbocycles. The van der Waals surface area contributed by atoms with Crippen LogP contribution >= 0.6 is 11.6 Å². The van der Waals surface area contributed by atoms with Crippen LogP contribution in [0.1, 0.15) is 25.0 Å². The summed E-state index contributed by atoms with van der Waals surface area (Å²) in [6.45, 7) is 3.81. The summed E-state index contributed by atoms with van der Waals surface area (Å²) in [4.78, 5) is 10.5. The molecule has 0 radical (unpaired) electrons. The summed E-state index contributed by atoms with van der Waals surface area (Å²) in [5.41, 5.74) is 2.73. The summed E-state index contributed by atoms with van der Waals surface area (Å²) in [6, 6.07) is 7.92. The lowest BCUT2D eigenvalue weighted by atomic mass is 10.1.